The van der Waals surface area contributed by atoms with E-state index in [2.05, 4.69) is 10.3 Å². The van der Waals surface area contributed by atoms with Crippen molar-refractivity contribution in [3.8, 4) is 11.3 Å². The number of benzene rings is 1. The van der Waals surface area contributed by atoms with Gasteiger partial charge in [0.15, 0.2) is 9.84 Å². The molecule has 1 saturated heterocycles. The fraction of sp³-hybridized carbons (Fsp3) is 0.368. The highest BCUT2D eigenvalue weighted by Gasteiger charge is 2.21. The van der Waals surface area contributed by atoms with Crippen molar-refractivity contribution in [1.29, 1.82) is 0 Å². The zero-order valence-electron chi connectivity index (χ0n) is 15.1. The molecule has 144 valence electrons. The van der Waals surface area contributed by atoms with E-state index in [9.17, 15) is 13.2 Å². The molecule has 7 nitrogen and oxygen atoms in total. The molecule has 0 bridgehead atoms. The van der Waals surface area contributed by atoms with E-state index in [0.717, 1.165) is 36.3 Å². The summed E-state index contributed by atoms with van der Waals surface area (Å²) in [7, 11) is -3.20. The lowest BCUT2D eigenvalue weighted by atomic mass is 9.97. The number of nitrogens with zero attached hydrogens (tertiary/aromatic N) is 2. The van der Waals surface area contributed by atoms with Crippen LogP contribution < -0.4 is 5.32 Å². The van der Waals surface area contributed by atoms with Gasteiger partial charge in [-0.25, -0.2) is 13.2 Å². The van der Waals surface area contributed by atoms with Gasteiger partial charge >= 0.3 is 6.09 Å². The maximum absolute atomic E-state index is 11.5. The number of hydrogen-bond donors (Lipinski definition) is 2. The molecule has 1 aromatic carbocycles. The first kappa shape index (κ1) is 19.2. The summed E-state index contributed by atoms with van der Waals surface area (Å²) in [6.07, 6.45) is 3.82. The van der Waals surface area contributed by atoms with E-state index in [4.69, 9.17) is 5.11 Å². The van der Waals surface area contributed by atoms with Crippen molar-refractivity contribution in [1.82, 2.24) is 9.88 Å². The lowest BCUT2D eigenvalue weighted by Gasteiger charge is -2.30. The standard InChI is InChI=1S/C19H23N3O4S/c1-27(25,26)17-5-2-15(3-6-17)18-7-4-16(13-21-18)20-12-14-8-10-22(11-9-14)19(23)24/h2-7,13-14,20H,8-12H2,1H3,(H,23,24). The molecule has 1 fully saturated rings. The first-order valence-electron chi connectivity index (χ1n) is 8.81. The number of hydrogen-bond acceptors (Lipinski definition) is 5. The molecule has 0 aliphatic carbocycles. The third kappa shape index (κ3) is 4.97. The average Bonchev–Trinajstić information content (AvgIpc) is 2.66. The molecule has 0 spiro atoms. The number of nitrogens with one attached hydrogen (secondary N) is 1. The minimum atomic E-state index is -3.20. The van der Waals surface area contributed by atoms with E-state index in [0.29, 0.717) is 23.9 Å². The van der Waals surface area contributed by atoms with Crippen molar-refractivity contribution in [2.75, 3.05) is 31.2 Å². The van der Waals surface area contributed by atoms with Gasteiger partial charge in [0, 0.05) is 31.5 Å². The number of rotatable bonds is 5. The van der Waals surface area contributed by atoms with Crippen molar-refractivity contribution >= 4 is 21.6 Å². The van der Waals surface area contributed by atoms with Crippen LogP contribution in [0.2, 0.25) is 0 Å². The second-order valence-corrected chi connectivity index (χ2v) is 8.84. The second-order valence-electron chi connectivity index (χ2n) is 6.82. The normalized spacial score (nSPS) is 15.5. The molecule has 27 heavy (non-hydrogen) atoms. The van der Waals surface area contributed by atoms with Gasteiger partial charge in [-0.2, -0.15) is 0 Å². The van der Waals surface area contributed by atoms with Gasteiger partial charge in [-0.05, 0) is 43.0 Å². The lowest BCUT2D eigenvalue weighted by Crippen LogP contribution is -2.39. The molecule has 2 N–H and O–H groups in total. The summed E-state index contributed by atoms with van der Waals surface area (Å²) in [6.45, 7) is 1.96. The van der Waals surface area contributed by atoms with Crippen LogP contribution in [0.5, 0.6) is 0 Å². The Morgan fingerprint density at radius 3 is 2.37 bits per heavy atom. The molecule has 1 aromatic heterocycles. The van der Waals surface area contributed by atoms with Gasteiger partial charge in [-0.3, -0.25) is 4.98 Å². The second kappa shape index (κ2) is 7.96. The van der Waals surface area contributed by atoms with Crippen molar-refractivity contribution in [2.45, 2.75) is 17.7 Å². The Bertz CT molecular complexity index is 888. The molecule has 1 amide bonds. The van der Waals surface area contributed by atoms with Gasteiger partial charge in [-0.1, -0.05) is 12.1 Å². The van der Waals surface area contributed by atoms with E-state index in [1.54, 1.807) is 30.5 Å². The molecular weight excluding hydrogens is 366 g/mol. The van der Waals surface area contributed by atoms with Gasteiger partial charge in [0.25, 0.3) is 0 Å². The predicted octanol–water partition coefficient (Wildman–Crippen LogP) is 2.95. The largest absolute Gasteiger partial charge is 0.465 e. The van der Waals surface area contributed by atoms with E-state index >= 15 is 0 Å². The quantitative estimate of drug-likeness (QED) is 0.816. The van der Waals surface area contributed by atoms with Crippen LogP contribution in [0.15, 0.2) is 47.5 Å². The van der Waals surface area contributed by atoms with Crippen LogP contribution in [-0.4, -0.2) is 55.4 Å². The Kier molecular flexibility index (Phi) is 5.65. The highest BCUT2D eigenvalue weighted by atomic mass is 32.2. The highest BCUT2D eigenvalue weighted by Crippen LogP contribution is 2.22. The van der Waals surface area contributed by atoms with E-state index in [1.807, 2.05) is 12.1 Å². The molecule has 1 aliphatic rings. The van der Waals surface area contributed by atoms with Crippen molar-refractivity contribution in [3.63, 3.8) is 0 Å². The number of sulfone groups is 1. The number of amides is 1. The van der Waals surface area contributed by atoms with Crippen molar-refractivity contribution in [3.05, 3.63) is 42.6 Å². The Labute approximate surface area is 159 Å². The number of carboxylic acid groups (broad SMARTS) is 1. The maximum Gasteiger partial charge on any atom is 0.407 e. The molecule has 3 rings (SSSR count). The number of pyridine rings is 1. The summed E-state index contributed by atoms with van der Waals surface area (Å²) in [5.74, 6) is 0.448. The van der Waals surface area contributed by atoms with Gasteiger partial charge in [0.05, 0.1) is 22.5 Å². The number of piperidine rings is 1. The van der Waals surface area contributed by atoms with E-state index < -0.39 is 15.9 Å². The van der Waals surface area contributed by atoms with E-state index in [1.165, 1.54) is 11.2 Å². The first-order chi connectivity index (χ1) is 12.8. The van der Waals surface area contributed by atoms with Crippen molar-refractivity contribution in [2.24, 2.45) is 5.92 Å². The lowest BCUT2D eigenvalue weighted by molar-refractivity contribution is 0.126. The molecular formula is C19H23N3O4S. The zero-order valence-corrected chi connectivity index (χ0v) is 15.9. The van der Waals surface area contributed by atoms with Gasteiger partial charge < -0.3 is 15.3 Å². The first-order valence-corrected chi connectivity index (χ1v) is 10.7. The number of aromatic nitrogens is 1. The third-order valence-corrected chi connectivity index (χ3v) is 5.95. The predicted molar refractivity (Wildman–Crippen MR) is 104 cm³/mol. The summed E-state index contributed by atoms with van der Waals surface area (Å²) >= 11 is 0. The minimum absolute atomic E-state index is 0.290. The van der Waals surface area contributed by atoms with Crippen LogP contribution in [0, 0.1) is 5.92 Å². The van der Waals surface area contributed by atoms with Gasteiger partial charge in [0.1, 0.15) is 0 Å². The fourth-order valence-corrected chi connectivity index (χ4v) is 3.76. The zero-order chi connectivity index (χ0) is 19.4. The molecule has 8 heteroatoms. The number of likely N-dealkylation sites (tertiary alicyclic amines) is 1. The Morgan fingerprint density at radius 2 is 1.85 bits per heavy atom. The fourth-order valence-electron chi connectivity index (χ4n) is 3.13. The van der Waals surface area contributed by atoms with Crippen molar-refractivity contribution < 1.29 is 18.3 Å². The molecule has 0 atom stereocenters. The molecule has 0 radical (unpaired) electrons. The highest BCUT2D eigenvalue weighted by molar-refractivity contribution is 7.90. The number of carbonyl (C=O) groups is 1. The summed E-state index contributed by atoms with van der Waals surface area (Å²) in [6, 6.07) is 10.5. The summed E-state index contributed by atoms with van der Waals surface area (Å²) in [5.41, 5.74) is 2.54. The molecule has 1 aliphatic heterocycles. The van der Waals surface area contributed by atoms with E-state index in [-0.39, 0.29) is 0 Å². The minimum Gasteiger partial charge on any atom is -0.465 e. The Balaban J connectivity index is 1.55. The van der Waals surface area contributed by atoms with Crippen LogP contribution in [-0.2, 0) is 9.84 Å². The maximum atomic E-state index is 11.5. The van der Waals surface area contributed by atoms with Crippen LogP contribution in [0.4, 0.5) is 10.5 Å². The van der Waals surface area contributed by atoms with Crippen LogP contribution >= 0.6 is 0 Å². The van der Waals surface area contributed by atoms with Gasteiger partial charge in [0.2, 0.25) is 0 Å². The summed E-state index contributed by atoms with van der Waals surface area (Å²) in [4.78, 5) is 17.1. The monoisotopic (exact) mass is 389 g/mol. The van der Waals surface area contributed by atoms with Gasteiger partial charge in [-0.15, -0.1) is 0 Å². The third-order valence-electron chi connectivity index (χ3n) is 4.82. The van der Waals surface area contributed by atoms with Crippen LogP contribution in [0.25, 0.3) is 11.3 Å². The average molecular weight is 389 g/mol. The molecule has 2 aromatic rings. The topological polar surface area (TPSA) is 99.6 Å². The summed E-state index contributed by atoms with van der Waals surface area (Å²) in [5, 5.41) is 12.3. The molecule has 2 heterocycles. The summed E-state index contributed by atoms with van der Waals surface area (Å²) < 4.78 is 23.0. The molecule has 0 saturated carbocycles. The Hall–Kier alpha value is -2.61. The Morgan fingerprint density at radius 1 is 1.19 bits per heavy atom. The number of anilines is 1. The molecule has 0 unspecified atom stereocenters. The van der Waals surface area contributed by atoms with Crippen LogP contribution in [0.1, 0.15) is 12.8 Å². The SMILES string of the molecule is CS(=O)(=O)c1ccc(-c2ccc(NCC3CCN(C(=O)O)CC3)cn2)cc1. The smallest absolute Gasteiger partial charge is 0.407 e. The van der Waals surface area contributed by atoms with Crippen LogP contribution in [0.3, 0.4) is 0 Å².